The molecule has 0 saturated heterocycles. The molecule has 0 saturated carbocycles. The molecule has 0 aliphatic heterocycles. The molecule has 1 atom stereocenters. The summed E-state index contributed by atoms with van der Waals surface area (Å²) in [6.45, 7) is 0. The van der Waals surface area contributed by atoms with E-state index in [1.807, 2.05) is 18.2 Å². The molecule has 1 unspecified atom stereocenters. The molecule has 2 aromatic rings. The number of carboxylic acids is 1. The van der Waals surface area contributed by atoms with E-state index in [-0.39, 0.29) is 5.15 Å². The van der Waals surface area contributed by atoms with Crippen LogP contribution in [0.1, 0.15) is 11.6 Å². The zero-order chi connectivity index (χ0) is 11.7. The number of aliphatic carboxylic acids is 1. The van der Waals surface area contributed by atoms with Crippen molar-refractivity contribution in [1.82, 2.24) is 4.98 Å². The molecule has 1 heterocycles. The van der Waals surface area contributed by atoms with Gasteiger partial charge >= 0.3 is 5.97 Å². The lowest BCUT2D eigenvalue weighted by Gasteiger charge is -2.09. The van der Waals surface area contributed by atoms with Gasteiger partial charge in [-0.3, -0.25) is 4.79 Å². The second-order valence-corrected chi connectivity index (χ2v) is 3.74. The first-order valence-corrected chi connectivity index (χ1v) is 5.01. The van der Waals surface area contributed by atoms with Crippen molar-refractivity contribution in [2.75, 3.05) is 0 Å². The molecule has 1 aromatic heterocycles. The molecule has 5 heteroatoms. The van der Waals surface area contributed by atoms with Gasteiger partial charge in [-0.25, -0.2) is 4.98 Å². The van der Waals surface area contributed by atoms with Gasteiger partial charge < -0.3 is 10.8 Å². The largest absolute Gasteiger partial charge is 0.480 e. The van der Waals surface area contributed by atoms with E-state index in [1.54, 1.807) is 12.1 Å². The minimum absolute atomic E-state index is 0.133. The highest BCUT2D eigenvalue weighted by Gasteiger charge is 2.18. The highest BCUT2D eigenvalue weighted by atomic mass is 35.5. The van der Waals surface area contributed by atoms with Crippen LogP contribution in [0.25, 0.3) is 10.9 Å². The first-order valence-electron chi connectivity index (χ1n) is 4.63. The molecule has 0 fully saturated rings. The Kier molecular flexibility index (Phi) is 2.77. The Hall–Kier alpha value is -1.65. The van der Waals surface area contributed by atoms with E-state index in [0.29, 0.717) is 11.1 Å². The lowest BCUT2D eigenvalue weighted by Crippen LogP contribution is -2.21. The van der Waals surface area contributed by atoms with Crippen molar-refractivity contribution in [2.45, 2.75) is 6.04 Å². The smallest absolute Gasteiger partial charge is 0.325 e. The monoisotopic (exact) mass is 236 g/mol. The summed E-state index contributed by atoms with van der Waals surface area (Å²) in [6, 6.07) is 7.82. The molecule has 0 bridgehead atoms. The van der Waals surface area contributed by atoms with E-state index in [9.17, 15) is 4.79 Å². The Labute approximate surface area is 96.7 Å². The van der Waals surface area contributed by atoms with Gasteiger partial charge in [-0.2, -0.15) is 0 Å². The van der Waals surface area contributed by atoms with Gasteiger partial charge in [-0.1, -0.05) is 29.8 Å². The quantitative estimate of drug-likeness (QED) is 0.782. The lowest BCUT2D eigenvalue weighted by atomic mass is 10.1. The number of fused-ring (bicyclic) bond motifs is 1. The van der Waals surface area contributed by atoms with Gasteiger partial charge in [0, 0.05) is 10.9 Å². The van der Waals surface area contributed by atoms with Crippen LogP contribution >= 0.6 is 11.6 Å². The first kappa shape index (κ1) is 10.9. The Morgan fingerprint density at radius 2 is 2.12 bits per heavy atom. The summed E-state index contributed by atoms with van der Waals surface area (Å²) in [4.78, 5) is 14.9. The first-order chi connectivity index (χ1) is 7.59. The maximum absolute atomic E-state index is 10.8. The zero-order valence-corrected chi connectivity index (χ0v) is 8.98. The standard InChI is InChI=1S/C11H9ClN2O2/c12-10-7(9(13)11(15)16)5-6-3-1-2-4-8(6)14-10/h1-5,9H,13H2,(H,15,16). The third-order valence-corrected chi connectivity index (χ3v) is 2.61. The van der Waals surface area contributed by atoms with E-state index in [0.717, 1.165) is 5.39 Å². The van der Waals surface area contributed by atoms with Crippen LogP contribution in [0.3, 0.4) is 0 Å². The van der Waals surface area contributed by atoms with Crippen LogP contribution in [0.15, 0.2) is 30.3 Å². The number of nitrogens with two attached hydrogens (primary N) is 1. The minimum atomic E-state index is -1.15. The third kappa shape index (κ3) is 1.85. The average molecular weight is 237 g/mol. The summed E-state index contributed by atoms with van der Waals surface area (Å²) >= 11 is 5.89. The molecule has 0 amide bonds. The van der Waals surface area contributed by atoms with Crippen LogP contribution < -0.4 is 5.73 Å². The molecule has 0 spiro atoms. The predicted molar refractivity (Wildman–Crippen MR) is 61.3 cm³/mol. The lowest BCUT2D eigenvalue weighted by molar-refractivity contribution is -0.138. The van der Waals surface area contributed by atoms with Gasteiger partial charge in [0.05, 0.1) is 5.52 Å². The Bertz CT molecular complexity index is 557. The fourth-order valence-corrected chi connectivity index (χ4v) is 1.72. The van der Waals surface area contributed by atoms with Crippen molar-refractivity contribution in [2.24, 2.45) is 5.73 Å². The Balaban J connectivity index is 2.62. The number of hydrogen-bond acceptors (Lipinski definition) is 3. The summed E-state index contributed by atoms with van der Waals surface area (Å²) in [6.07, 6.45) is 0. The van der Waals surface area contributed by atoms with Gasteiger partial charge in [0.1, 0.15) is 11.2 Å². The average Bonchev–Trinajstić information content (AvgIpc) is 2.27. The minimum Gasteiger partial charge on any atom is -0.480 e. The summed E-state index contributed by atoms with van der Waals surface area (Å²) in [5.41, 5.74) is 6.55. The van der Waals surface area contributed by atoms with Gasteiger partial charge in [0.25, 0.3) is 0 Å². The highest BCUT2D eigenvalue weighted by Crippen LogP contribution is 2.24. The van der Waals surface area contributed by atoms with E-state index < -0.39 is 12.0 Å². The van der Waals surface area contributed by atoms with Crippen molar-refractivity contribution >= 4 is 28.5 Å². The predicted octanol–water partition coefficient (Wildman–Crippen LogP) is 1.97. The molecule has 0 aliphatic carbocycles. The van der Waals surface area contributed by atoms with Crippen molar-refractivity contribution < 1.29 is 9.90 Å². The van der Waals surface area contributed by atoms with Crippen molar-refractivity contribution in [3.63, 3.8) is 0 Å². The fourth-order valence-electron chi connectivity index (χ4n) is 1.46. The topological polar surface area (TPSA) is 76.2 Å². The maximum Gasteiger partial charge on any atom is 0.325 e. The van der Waals surface area contributed by atoms with Gasteiger partial charge in [0.15, 0.2) is 0 Å². The normalized spacial score (nSPS) is 12.6. The van der Waals surface area contributed by atoms with Crippen LogP contribution in [-0.2, 0) is 4.79 Å². The number of halogens is 1. The second kappa shape index (κ2) is 4.08. The number of carbonyl (C=O) groups is 1. The van der Waals surface area contributed by atoms with E-state index in [4.69, 9.17) is 22.4 Å². The Morgan fingerprint density at radius 1 is 1.44 bits per heavy atom. The molecule has 2 rings (SSSR count). The van der Waals surface area contributed by atoms with Crippen LogP contribution in [0.2, 0.25) is 5.15 Å². The van der Waals surface area contributed by atoms with E-state index in [2.05, 4.69) is 4.98 Å². The van der Waals surface area contributed by atoms with Gasteiger partial charge in [-0.15, -0.1) is 0 Å². The Morgan fingerprint density at radius 3 is 2.81 bits per heavy atom. The number of benzene rings is 1. The summed E-state index contributed by atoms with van der Waals surface area (Å²) < 4.78 is 0. The van der Waals surface area contributed by atoms with Crippen LogP contribution in [0.4, 0.5) is 0 Å². The highest BCUT2D eigenvalue weighted by molar-refractivity contribution is 6.30. The second-order valence-electron chi connectivity index (χ2n) is 3.38. The molecular formula is C11H9ClN2O2. The van der Waals surface area contributed by atoms with Gasteiger partial charge in [0.2, 0.25) is 0 Å². The summed E-state index contributed by atoms with van der Waals surface area (Å²) in [5.74, 6) is -1.13. The fraction of sp³-hybridized carbons (Fsp3) is 0.0909. The van der Waals surface area contributed by atoms with E-state index in [1.165, 1.54) is 0 Å². The van der Waals surface area contributed by atoms with Crippen LogP contribution in [0.5, 0.6) is 0 Å². The number of pyridine rings is 1. The maximum atomic E-state index is 10.8. The van der Waals surface area contributed by atoms with Gasteiger partial charge in [-0.05, 0) is 12.1 Å². The summed E-state index contributed by atoms with van der Waals surface area (Å²) in [7, 11) is 0. The zero-order valence-electron chi connectivity index (χ0n) is 8.22. The van der Waals surface area contributed by atoms with Crippen LogP contribution in [0, 0.1) is 0 Å². The third-order valence-electron chi connectivity index (χ3n) is 2.31. The SMILES string of the molecule is NC(C(=O)O)c1cc2ccccc2nc1Cl. The molecule has 82 valence electrons. The molecule has 3 N–H and O–H groups in total. The summed E-state index contributed by atoms with van der Waals surface area (Å²) in [5, 5.41) is 9.77. The number of rotatable bonds is 2. The van der Waals surface area contributed by atoms with Crippen molar-refractivity contribution in [3.8, 4) is 0 Å². The number of para-hydroxylation sites is 1. The van der Waals surface area contributed by atoms with Crippen LogP contribution in [-0.4, -0.2) is 16.1 Å². The molecular weight excluding hydrogens is 228 g/mol. The van der Waals surface area contributed by atoms with Crippen molar-refractivity contribution in [1.29, 1.82) is 0 Å². The molecule has 0 radical (unpaired) electrons. The van der Waals surface area contributed by atoms with E-state index >= 15 is 0 Å². The molecule has 16 heavy (non-hydrogen) atoms. The molecule has 0 aliphatic rings. The number of hydrogen-bond donors (Lipinski definition) is 2. The molecule has 1 aromatic carbocycles. The molecule has 4 nitrogen and oxygen atoms in total. The number of nitrogens with zero attached hydrogens (tertiary/aromatic N) is 1. The van der Waals surface area contributed by atoms with Crippen molar-refractivity contribution in [3.05, 3.63) is 41.0 Å². The number of carboxylic acid groups (broad SMARTS) is 1. The number of aromatic nitrogens is 1.